The summed E-state index contributed by atoms with van der Waals surface area (Å²) in [6.45, 7) is 2.78. The summed E-state index contributed by atoms with van der Waals surface area (Å²) in [5.74, 6) is -1.98. The highest BCUT2D eigenvalue weighted by Gasteiger charge is 2.38. The highest BCUT2D eigenvalue weighted by atomic mass is 19.4. The lowest BCUT2D eigenvalue weighted by Gasteiger charge is -2.26. The minimum Gasteiger partial charge on any atom is -0.458 e. The number of nitro groups is 1. The normalized spacial score (nSPS) is 16.5. The van der Waals surface area contributed by atoms with E-state index in [2.05, 4.69) is 15.3 Å². The van der Waals surface area contributed by atoms with Gasteiger partial charge in [-0.3, -0.25) is 19.7 Å². The molecular weight excluding hydrogens is 457 g/mol. The van der Waals surface area contributed by atoms with Crippen molar-refractivity contribution in [2.45, 2.75) is 44.4 Å². The molecule has 9 nitrogen and oxygen atoms in total. The van der Waals surface area contributed by atoms with Crippen molar-refractivity contribution in [3.8, 4) is 0 Å². The molecule has 1 saturated heterocycles. The number of benzene rings is 1. The fraction of sp³-hybridized carbons (Fsp3) is 0.455. The summed E-state index contributed by atoms with van der Waals surface area (Å²) in [5.41, 5.74) is -2.30. The van der Waals surface area contributed by atoms with Crippen molar-refractivity contribution in [2.75, 3.05) is 13.1 Å². The molecule has 0 bridgehead atoms. The van der Waals surface area contributed by atoms with Gasteiger partial charge < -0.3 is 10.1 Å². The molecular formula is C22H23F3N4O5. The monoisotopic (exact) mass is 480 g/mol. The zero-order valence-corrected chi connectivity index (χ0v) is 18.2. The first-order valence-corrected chi connectivity index (χ1v) is 10.6. The van der Waals surface area contributed by atoms with E-state index in [-0.39, 0.29) is 35.8 Å². The van der Waals surface area contributed by atoms with Gasteiger partial charge in [-0.1, -0.05) is 18.2 Å². The van der Waals surface area contributed by atoms with E-state index in [0.717, 1.165) is 57.4 Å². The van der Waals surface area contributed by atoms with Crippen LogP contribution >= 0.6 is 0 Å². The topological polar surface area (TPSA) is 124 Å². The number of ketones is 1. The number of carbonyl (C=O) groups is 2. The Labute approximate surface area is 192 Å². The van der Waals surface area contributed by atoms with Crippen molar-refractivity contribution < 1.29 is 32.4 Å². The molecule has 2 atom stereocenters. The van der Waals surface area contributed by atoms with Gasteiger partial charge in [-0.25, -0.2) is 9.97 Å². The molecule has 1 aliphatic heterocycles. The van der Waals surface area contributed by atoms with Gasteiger partial charge in [0.1, 0.15) is 17.8 Å². The standard InChI is InChI=1S/C22H23F3N4O5/c1-13(31)18(15-3-2-4-16(10-15)22(23,24)25)20-21(29(32)33)19(27-11-28-20)17(34-12-30)9-14-5-7-26-8-6-14/h2-4,10-12,14,17-18,26H,5-9H2,1H3. The Balaban J connectivity index is 2.11. The maximum absolute atomic E-state index is 13.2. The number of Topliss-reactive ketones (excluding diaryl/α,β-unsaturated/α-hetero) is 1. The van der Waals surface area contributed by atoms with Crippen LogP contribution in [0.3, 0.4) is 0 Å². The SMILES string of the molecule is CC(=O)C(c1cccc(C(F)(F)F)c1)c1ncnc(C(CC2CCNCC2)OC=O)c1[N+](=O)[O-]. The van der Waals surface area contributed by atoms with Crippen molar-refractivity contribution >= 4 is 17.9 Å². The summed E-state index contributed by atoms with van der Waals surface area (Å²) >= 11 is 0. The van der Waals surface area contributed by atoms with Gasteiger partial charge in [0.05, 0.1) is 16.4 Å². The molecule has 2 aromatic rings. The number of piperidine rings is 1. The molecule has 2 unspecified atom stereocenters. The van der Waals surface area contributed by atoms with Gasteiger partial charge in [0.2, 0.25) is 0 Å². The van der Waals surface area contributed by atoms with Crippen LogP contribution in [0.2, 0.25) is 0 Å². The molecule has 0 aliphatic carbocycles. The zero-order valence-electron chi connectivity index (χ0n) is 18.2. The Morgan fingerprint density at radius 2 is 1.97 bits per heavy atom. The average molecular weight is 480 g/mol. The van der Waals surface area contributed by atoms with Crippen LogP contribution in [0.4, 0.5) is 18.9 Å². The van der Waals surface area contributed by atoms with E-state index >= 15 is 0 Å². The molecule has 2 heterocycles. The van der Waals surface area contributed by atoms with Crippen LogP contribution in [0.15, 0.2) is 30.6 Å². The number of aromatic nitrogens is 2. The van der Waals surface area contributed by atoms with Gasteiger partial charge in [-0.15, -0.1) is 0 Å². The van der Waals surface area contributed by atoms with Crippen LogP contribution in [0.1, 0.15) is 60.7 Å². The third-order valence-corrected chi connectivity index (χ3v) is 5.82. The van der Waals surface area contributed by atoms with Gasteiger partial charge >= 0.3 is 11.9 Å². The van der Waals surface area contributed by atoms with E-state index in [9.17, 15) is 32.9 Å². The maximum atomic E-state index is 13.2. The van der Waals surface area contributed by atoms with Crippen LogP contribution in [0.5, 0.6) is 0 Å². The average Bonchev–Trinajstić information content (AvgIpc) is 2.79. The molecule has 34 heavy (non-hydrogen) atoms. The highest BCUT2D eigenvalue weighted by Crippen LogP contribution is 2.39. The predicted octanol–water partition coefficient (Wildman–Crippen LogP) is 3.73. The van der Waals surface area contributed by atoms with E-state index in [1.807, 2.05) is 0 Å². The number of rotatable bonds is 9. The summed E-state index contributed by atoms with van der Waals surface area (Å²) in [6.07, 6.45) is -2.94. The van der Waals surface area contributed by atoms with Crippen LogP contribution in [-0.4, -0.2) is 40.2 Å². The van der Waals surface area contributed by atoms with Gasteiger partial charge in [0, 0.05) is 0 Å². The van der Waals surface area contributed by atoms with E-state index in [4.69, 9.17) is 4.74 Å². The Kier molecular flexibility index (Phi) is 7.92. The first-order valence-electron chi connectivity index (χ1n) is 10.6. The summed E-state index contributed by atoms with van der Waals surface area (Å²) < 4.78 is 44.9. The van der Waals surface area contributed by atoms with E-state index in [1.54, 1.807) is 0 Å². The third kappa shape index (κ3) is 5.74. The molecule has 1 N–H and O–H groups in total. The van der Waals surface area contributed by atoms with Crippen molar-refractivity contribution in [1.29, 1.82) is 0 Å². The summed E-state index contributed by atoms with van der Waals surface area (Å²) in [5, 5.41) is 15.3. The largest absolute Gasteiger partial charge is 0.458 e. The molecule has 0 radical (unpaired) electrons. The lowest BCUT2D eigenvalue weighted by molar-refractivity contribution is -0.387. The molecule has 1 aromatic heterocycles. The van der Waals surface area contributed by atoms with Gasteiger partial charge in [0.25, 0.3) is 6.47 Å². The number of carbonyl (C=O) groups excluding carboxylic acids is 2. The van der Waals surface area contributed by atoms with Crippen molar-refractivity contribution in [1.82, 2.24) is 15.3 Å². The second kappa shape index (κ2) is 10.7. The smallest absolute Gasteiger partial charge is 0.416 e. The second-order valence-electron chi connectivity index (χ2n) is 8.07. The molecule has 182 valence electrons. The lowest BCUT2D eigenvalue weighted by Crippen LogP contribution is -2.29. The highest BCUT2D eigenvalue weighted by molar-refractivity contribution is 5.87. The van der Waals surface area contributed by atoms with Crippen LogP contribution in [0.25, 0.3) is 0 Å². The van der Waals surface area contributed by atoms with Gasteiger partial charge in [-0.2, -0.15) is 13.2 Å². The lowest BCUT2D eigenvalue weighted by atomic mass is 9.87. The number of nitrogens with zero attached hydrogens (tertiary/aromatic N) is 3. The number of nitrogens with one attached hydrogen (secondary N) is 1. The Hall–Kier alpha value is -3.41. The summed E-state index contributed by atoms with van der Waals surface area (Å²) in [4.78, 5) is 43.0. The molecule has 1 aliphatic rings. The Bertz CT molecular complexity index is 1060. The first-order chi connectivity index (χ1) is 16.1. The molecule has 0 amide bonds. The predicted molar refractivity (Wildman–Crippen MR) is 113 cm³/mol. The minimum atomic E-state index is -4.67. The van der Waals surface area contributed by atoms with Crippen molar-refractivity contribution in [3.05, 3.63) is 63.2 Å². The first kappa shape index (κ1) is 25.2. The van der Waals surface area contributed by atoms with E-state index in [0.29, 0.717) is 0 Å². The minimum absolute atomic E-state index is 0.0960. The quantitative estimate of drug-likeness (QED) is 0.327. The van der Waals surface area contributed by atoms with Gasteiger partial charge in [0.15, 0.2) is 11.8 Å². The van der Waals surface area contributed by atoms with Crippen LogP contribution < -0.4 is 5.32 Å². The number of ether oxygens (including phenoxy) is 1. The number of halogens is 3. The van der Waals surface area contributed by atoms with E-state index in [1.165, 1.54) is 6.07 Å². The molecule has 1 aromatic carbocycles. The Morgan fingerprint density at radius 3 is 2.56 bits per heavy atom. The zero-order chi connectivity index (χ0) is 24.9. The van der Waals surface area contributed by atoms with Gasteiger partial charge in [-0.05, 0) is 56.8 Å². The molecule has 0 saturated carbocycles. The van der Waals surface area contributed by atoms with Crippen LogP contribution in [0, 0.1) is 16.0 Å². The molecule has 3 rings (SSSR count). The second-order valence-corrected chi connectivity index (χ2v) is 8.07. The number of alkyl halides is 3. The fourth-order valence-electron chi connectivity index (χ4n) is 4.24. The summed E-state index contributed by atoms with van der Waals surface area (Å²) in [6, 6.07) is 4.01. The number of hydrogen-bond acceptors (Lipinski definition) is 8. The molecule has 12 heteroatoms. The third-order valence-electron chi connectivity index (χ3n) is 5.82. The molecule has 0 spiro atoms. The Morgan fingerprint density at radius 1 is 1.29 bits per heavy atom. The molecule has 1 fully saturated rings. The van der Waals surface area contributed by atoms with Crippen molar-refractivity contribution in [3.63, 3.8) is 0 Å². The number of hydrogen-bond donors (Lipinski definition) is 1. The summed E-state index contributed by atoms with van der Waals surface area (Å²) in [7, 11) is 0. The van der Waals surface area contributed by atoms with Crippen molar-refractivity contribution in [2.24, 2.45) is 5.92 Å². The maximum Gasteiger partial charge on any atom is 0.416 e. The van der Waals surface area contributed by atoms with Crippen LogP contribution in [-0.2, 0) is 20.5 Å². The fourth-order valence-corrected chi connectivity index (χ4v) is 4.24. The van der Waals surface area contributed by atoms with E-state index < -0.39 is 40.2 Å².